The van der Waals surface area contributed by atoms with Gasteiger partial charge in [0, 0.05) is 3.57 Å². The van der Waals surface area contributed by atoms with Crippen molar-refractivity contribution in [1.82, 2.24) is 5.43 Å². The third kappa shape index (κ3) is 3.83. The van der Waals surface area contributed by atoms with Gasteiger partial charge in [-0.3, -0.25) is 11.3 Å². The zero-order chi connectivity index (χ0) is 13.8. The highest BCUT2D eigenvalue weighted by atomic mass is 127. The number of rotatable bonds is 4. The predicted octanol–water partition coefficient (Wildman–Crippen LogP) is 4.35. The maximum atomic E-state index is 6.23. The second-order valence-electron chi connectivity index (χ2n) is 4.19. The van der Waals surface area contributed by atoms with Gasteiger partial charge in [0.05, 0.1) is 16.1 Å². The molecule has 100 valence electrons. The highest BCUT2D eigenvalue weighted by molar-refractivity contribution is 14.1. The minimum absolute atomic E-state index is 0.0636. The maximum absolute atomic E-state index is 6.23. The first kappa shape index (κ1) is 15.1. The second-order valence-corrected chi connectivity index (χ2v) is 6.22. The fourth-order valence-corrected chi connectivity index (χ4v) is 2.70. The average molecular weight is 407 g/mol. The molecule has 0 aliphatic heterocycles. The van der Waals surface area contributed by atoms with Crippen LogP contribution in [0.25, 0.3) is 0 Å². The van der Waals surface area contributed by atoms with Crippen LogP contribution in [0.15, 0.2) is 42.5 Å². The number of halogens is 3. The Morgan fingerprint density at radius 3 is 2.42 bits per heavy atom. The van der Waals surface area contributed by atoms with Crippen molar-refractivity contribution in [3.63, 3.8) is 0 Å². The Morgan fingerprint density at radius 2 is 1.79 bits per heavy atom. The first-order valence-electron chi connectivity index (χ1n) is 5.76. The standard InChI is InChI=1S/C14H13Cl2IN2/c15-12-3-1-2-11(14(12)16)13(19-18)8-9-4-6-10(17)7-5-9/h1-7,13,19H,8,18H2. The molecule has 1 atom stereocenters. The summed E-state index contributed by atoms with van der Waals surface area (Å²) in [6, 6.07) is 13.8. The summed E-state index contributed by atoms with van der Waals surface area (Å²) in [5, 5.41) is 1.10. The predicted molar refractivity (Wildman–Crippen MR) is 89.4 cm³/mol. The maximum Gasteiger partial charge on any atom is 0.0640 e. The first-order chi connectivity index (χ1) is 9.11. The highest BCUT2D eigenvalue weighted by Gasteiger charge is 2.15. The van der Waals surface area contributed by atoms with Crippen molar-refractivity contribution in [2.45, 2.75) is 12.5 Å². The molecular formula is C14H13Cl2IN2. The molecule has 0 fully saturated rings. The number of hydrogen-bond donors (Lipinski definition) is 2. The van der Waals surface area contributed by atoms with Gasteiger partial charge < -0.3 is 0 Å². The van der Waals surface area contributed by atoms with Crippen LogP contribution in [0.5, 0.6) is 0 Å². The quantitative estimate of drug-likeness (QED) is 0.450. The lowest BCUT2D eigenvalue weighted by Gasteiger charge is -2.18. The van der Waals surface area contributed by atoms with Crippen molar-refractivity contribution in [3.05, 3.63) is 67.2 Å². The number of nitrogens with one attached hydrogen (secondary N) is 1. The van der Waals surface area contributed by atoms with Crippen LogP contribution in [0.3, 0.4) is 0 Å². The number of benzene rings is 2. The first-order valence-corrected chi connectivity index (χ1v) is 7.59. The lowest BCUT2D eigenvalue weighted by molar-refractivity contribution is 0.552. The summed E-state index contributed by atoms with van der Waals surface area (Å²) in [5.74, 6) is 5.65. The van der Waals surface area contributed by atoms with Gasteiger partial charge >= 0.3 is 0 Å². The third-order valence-electron chi connectivity index (χ3n) is 2.91. The molecule has 0 bridgehead atoms. The number of hydrazine groups is 1. The van der Waals surface area contributed by atoms with Crippen LogP contribution in [0.2, 0.25) is 10.0 Å². The van der Waals surface area contributed by atoms with E-state index in [9.17, 15) is 0 Å². The van der Waals surface area contributed by atoms with E-state index in [0.29, 0.717) is 10.0 Å². The molecule has 2 rings (SSSR count). The third-order valence-corrected chi connectivity index (χ3v) is 4.46. The average Bonchev–Trinajstić information content (AvgIpc) is 2.42. The minimum atomic E-state index is -0.0636. The lowest BCUT2D eigenvalue weighted by atomic mass is 9.99. The monoisotopic (exact) mass is 406 g/mol. The van der Waals surface area contributed by atoms with Gasteiger partial charge in [-0.05, 0) is 58.3 Å². The van der Waals surface area contributed by atoms with Gasteiger partial charge in [0.25, 0.3) is 0 Å². The minimum Gasteiger partial charge on any atom is -0.271 e. The van der Waals surface area contributed by atoms with E-state index in [4.69, 9.17) is 29.0 Å². The Hall–Kier alpha value is -0.330. The Kier molecular flexibility index (Phi) is 5.47. The molecule has 0 saturated heterocycles. The Balaban J connectivity index is 2.25. The van der Waals surface area contributed by atoms with Crippen molar-refractivity contribution in [2.75, 3.05) is 0 Å². The Labute approximate surface area is 136 Å². The van der Waals surface area contributed by atoms with Gasteiger partial charge in [0.1, 0.15) is 0 Å². The van der Waals surface area contributed by atoms with Crippen LogP contribution < -0.4 is 11.3 Å². The van der Waals surface area contributed by atoms with Gasteiger partial charge in [0.2, 0.25) is 0 Å². The highest BCUT2D eigenvalue weighted by Crippen LogP contribution is 2.31. The van der Waals surface area contributed by atoms with Crippen LogP contribution in [0, 0.1) is 3.57 Å². The molecule has 0 aliphatic carbocycles. The summed E-state index contributed by atoms with van der Waals surface area (Å²) >= 11 is 14.5. The van der Waals surface area contributed by atoms with Crippen molar-refractivity contribution < 1.29 is 0 Å². The van der Waals surface area contributed by atoms with E-state index in [1.165, 1.54) is 9.13 Å². The normalized spacial score (nSPS) is 12.4. The smallest absolute Gasteiger partial charge is 0.0640 e. The van der Waals surface area contributed by atoms with E-state index < -0.39 is 0 Å². The van der Waals surface area contributed by atoms with Gasteiger partial charge in [-0.1, -0.05) is 47.5 Å². The summed E-state index contributed by atoms with van der Waals surface area (Å²) in [7, 11) is 0. The topological polar surface area (TPSA) is 38.0 Å². The Bertz CT molecular complexity index is 558. The van der Waals surface area contributed by atoms with E-state index in [2.05, 4.69) is 52.3 Å². The van der Waals surface area contributed by atoms with E-state index >= 15 is 0 Å². The second kappa shape index (κ2) is 6.90. The molecule has 3 N–H and O–H groups in total. The summed E-state index contributed by atoms with van der Waals surface area (Å²) in [6.07, 6.45) is 0.757. The number of nitrogens with two attached hydrogens (primary N) is 1. The molecule has 2 aromatic carbocycles. The number of hydrogen-bond acceptors (Lipinski definition) is 2. The fraction of sp³-hybridized carbons (Fsp3) is 0.143. The van der Waals surface area contributed by atoms with Crippen molar-refractivity contribution >= 4 is 45.8 Å². The molecule has 1 unspecified atom stereocenters. The molecule has 0 radical (unpaired) electrons. The van der Waals surface area contributed by atoms with Crippen LogP contribution in [0.4, 0.5) is 0 Å². The summed E-state index contributed by atoms with van der Waals surface area (Å²) < 4.78 is 1.21. The molecule has 0 amide bonds. The van der Waals surface area contributed by atoms with Crippen molar-refractivity contribution in [1.29, 1.82) is 0 Å². The molecule has 0 heterocycles. The van der Waals surface area contributed by atoms with Gasteiger partial charge in [0.15, 0.2) is 0 Å². The SMILES string of the molecule is NNC(Cc1ccc(I)cc1)c1cccc(Cl)c1Cl. The van der Waals surface area contributed by atoms with E-state index in [1.54, 1.807) is 6.07 Å². The summed E-state index contributed by atoms with van der Waals surface area (Å²) in [4.78, 5) is 0. The molecule has 5 heteroatoms. The molecule has 0 spiro atoms. The van der Waals surface area contributed by atoms with Crippen LogP contribution in [0.1, 0.15) is 17.2 Å². The van der Waals surface area contributed by atoms with Gasteiger partial charge in [-0.25, -0.2) is 0 Å². The summed E-state index contributed by atoms with van der Waals surface area (Å²) in [5.41, 5.74) is 4.91. The van der Waals surface area contributed by atoms with Gasteiger partial charge in [-0.2, -0.15) is 0 Å². The molecule has 19 heavy (non-hydrogen) atoms. The van der Waals surface area contributed by atoms with Crippen LogP contribution in [-0.4, -0.2) is 0 Å². The summed E-state index contributed by atoms with van der Waals surface area (Å²) in [6.45, 7) is 0. The Morgan fingerprint density at radius 1 is 1.11 bits per heavy atom. The van der Waals surface area contributed by atoms with Crippen LogP contribution in [-0.2, 0) is 6.42 Å². The van der Waals surface area contributed by atoms with Crippen molar-refractivity contribution in [3.8, 4) is 0 Å². The molecule has 2 nitrogen and oxygen atoms in total. The van der Waals surface area contributed by atoms with E-state index in [-0.39, 0.29) is 6.04 Å². The zero-order valence-corrected chi connectivity index (χ0v) is 13.7. The fourth-order valence-electron chi connectivity index (χ4n) is 1.90. The molecule has 2 aromatic rings. The molecule has 0 aromatic heterocycles. The van der Waals surface area contributed by atoms with E-state index in [1.807, 2.05) is 12.1 Å². The van der Waals surface area contributed by atoms with E-state index in [0.717, 1.165) is 12.0 Å². The van der Waals surface area contributed by atoms with Crippen LogP contribution >= 0.6 is 45.8 Å². The largest absolute Gasteiger partial charge is 0.271 e. The van der Waals surface area contributed by atoms with Crippen molar-refractivity contribution in [2.24, 2.45) is 5.84 Å². The lowest BCUT2D eigenvalue weighted by Crippen LogP contribution is -2.29. The van der Waals surface area contributed by atoms with Gasteiger partial charge in [-0.15, -0.1) is 0 Å². The molecule has 0 saturated carbocycles. The molecular weight excluding hydrogens is 394 g/mol. The zero-order valence-electron chi connectivity index (χ0n) is 10.0. The molecule has 0 aliphatic rings.